The van der Waals surface area contributed by atoms with Gasteiger partial charge in [-0.25, -0.2) is 4.98 Å². The fourth-order valence-electron chi connectivity index (χ4n) is 2.13. The van der Waals surface area contributed by atoms with E-state index in [0.29, 0.717) is 11.6 Å². The van der Waals surface area contributed by atoms with Crippen molar-refractivity contribution >= 4 is 21.8 Å². The molecule has 1 fully saturated rings. The lowest BCUT2D eigenvalue weighted by molar-refractivity contribution is 0.0595. The lowest BCUT2D eigenvalue weighted by Gasteiger charge is -2.36. The predicted molar refractivity (Wildman–Crippen MR) is 74.5 cm³/mol. The van der Waals surface area contributed by atoms with Gasteiger partial charge in [-0.2, -0.15) is 0 Å². The summed E-state index contributed by atoms with van der Waals surface area (Å²) in [5.74, 6) is 0.0819. The van der Waals surface area contributed by atoms with Gasteiger partial charge in [-0.3, -0.25) is 9.69 Å². The smallest absolute Gasteiger partial charge is 0.255 e. The quantitative estimate of drug-likeness (QED) is 0.784. The van der Waals surface area contributed by atoms with Crippen LogP contribution in [-0.4, -0.2) is 52.9 Å². The molecule has 1 aliphatic heterocycles. The Hall–Kier alpha value is -0.940. The first kappa shape index (κ1) is 13.5. The molecule has 1 aliphatic rings. The fraction of sp³-hybridized carbons (Fsp3) is 0.538. The molecule has 0 unspecified atom stereocenters. The van der Waals surface area contributed by atoms with Gasteiger partial charge in [0.2, 0.25) is 0 Å². The number of hydrogen-bond donors (Lipinski definition) is 0. The fourth-order valence-corrected chi connectivity index (χ4v) is 2.36. The second-order valence-electron chi connectivity index (χ2n) is 4.79. The minimum Gasteiger partial charge on any atom is -0.336 e. The van der Waals surface area contributed by atoms with Gasteiger partial charge < -0.3 is 4.90 Å². The highest BCUT2D eigenvalue weighted by Crippen LogP contribution is 2.12. The Kier molecular flexibility index (Phi) is 4.35. The summed E-state index contributed by atoms with van der Waals surface area (Å²) in [5.41, 5.74) is 0.663. The van der Waals surface area contributed by atoms with Crippen molar-refractivity contribution < 1.29 is 4.79 Å². The van der Waals surface area contributed by atoms with Crippen molar-refractivity contribution in [2.75, 3.05) is 26.2 Å². The van der Waals surface area contributed by atoms with Crippen LogP contribution >= 0.6 is 15.9 Å². The van der Waals surface area contributed by atoms with Crippen LogP contribution in [0.15, 0.2) is 22.9 Å². The third-order valence-electron chi connectivity index (χ3n) is 3.31. The first-order valence-corrected chi connectivity index (χ1v) is 7.02. The van der Waals surface area contributed by atoms with E-state index in [1.165, 1.54) is 0 Å². The van der Waals surface area contributed by atoms with Crippen LogP contribution < -0.4 is 0 Å². The van der Waals surface area contributed by atoms with Crippen LogP contribution in [0.2, 0.25) is 0 Å². The molecular weight excluding hydrogens is 294 g/mol. The van der Waals surface area contributed by atoms with E-state index in [9.17, 15) is 4.79 Å². The highest BCUT2D eigenvalue weighted by Gasteiger charge is 2.23. The zero-order chi connectivity index (χ0) is 13.1. The lowest BCUT2D eigenvalue weighted by Crippen LogP contribution is -2.50. The topological polar surface area (TPSA) is 36.4 Å². The molecule has 1 aromatic heterocycles. The Labute approximate surface area is 116 Å². The number of hydrogen-bond acceptors (Lipinski definition) is 3. The Morgan fingerprint density at radius 1 is 1.28 bits per heavy atom. The Bertz CT molecular complexity index is 411. The standard InChI is InChI=1S/C13H18BrN3O/c1-10(2)16-5-7-17(8-6-16)13(18)11-3-4-12(14)15-9-11/h3-4,9-10H,5-8H2,1-2H3. The molecule has 2 heterocycles. The molecule has 0 radical (unpaired) electrons. The maximum Gasteiger partial charge on any atom is 0.255 e. The summed E-state index contributed by atoms with van der Waals surface area (Å²) >= 11 is 3.27. The zero-order valence-corrected chi connectivity index (χ0v) is 12.4. The number of amides is 1. The highest BCUT2D eigenvalue weighted by atomic mass is 79.9. The molecule has 0 N–H and O–H groups in total. The third kappa shape index (κ3) is 3.09. The van der Waals surface area contributed by atoms with E-state index >= 15 is 0 Å². The van der Waals surface area contributed by atoms with E-state index in [0.717, 1.165) is 30.8 Å². The lowest BCUT2D eigenvalue weighted by atomic mass is 10.2. The van der Waals surface area contributed by atoms with Crippen molar-refractivity contribution in [1.29, 1.82) is 0 Å². The summed E-state index contributed by atoms with van der Waals surface area (Å²) in [7, 11) is 0. The van der Waals surface area contributed by atoms with Gasteiger partial charge in [0.15, 0.2) is 0 Å². The van der Waals surface area contributed by atoms with Crippen molar-refractivity contribution in [3.8, 4) is 0 Å². The van der Waals surface area contributed by atoms with Gasteiger partial charge in [0.25, 0.3) is 5.91 Å². The molecule has 98 valence electrons. The first-order chi connectivity index (χ1) is 8.58. The normalized spacial score (nSPS) is 17.2. The molecule has 0 spiro atoms. The monoisotopic (exact) mass is 311 g/mol. The van der Waals surface area contributed by atoms with Crippen LogP contribution in [0.4, 0.5) is 0 Å². The Morgan fingerprint density at radius 2 is 1.94 bits per heavy atom. The summed E-state index contributed by atoms with van der Waals surface area (Å²) in [6, 6.07) is 4.17. The van der Waals surface area contributed by atoms with Crippen LogP contribution in [0.5, 0.6) is 0 Å². The van der Waals surface area contributed by atoms with Gasteiger partial charge in [0, 0.05) is 38.4 Å². The number of carbonyl (C=O) groups is 1. The highest BCUT2D eigenvalue weighted by molar-refractivity contribution is 9.10. The van der Waals surface area contributed by atoms with E-state index in [-0.39, 0.29) is 5.91 Å². The van der Waals surface area contributed by atoms with Crippen molar-refractivity contribution in [3.63, 3.8) is 0 Å². The molecule has 0 saturated carbocycles. The molecule has 1 aromatic rings. The Morgan fingerprint density at radius 3 is 2.44 bits per heavy atom. The predicted octanol–water partition coefficient (Wildman–Crippen LogP) is 2.01. The van der Waals surface area contributed by atoms with Gasteiger partial charge in [0.05, 0.1) is 5.56 Å². The number of pyridine rings is 1. The summed E-state index contributed by atoms with van der Waals surface area (Å²) in [6.45, 7) is 7.88. The zero-order valence-electron chi connectivity index (χ0n) is 10.8. The van der Waals surface area contributed by atoms with E-state index in [4.69, 9.17) is 0 Å². The number of halogens is 1. The molecular formula is C13H18BrN3O. The van der Waals surface area contributed by atoms with E-state index in [1.54, 1.807) is 12.3 Å². The number of aromatic nitrogens is 1. The number of carbonyl (C=O) groups excluding carboxylic acids is 1. The van der Waals surface area contributed by atoms with Crippen LogP contribution in [0, 0.1) is 0 Å². The molecule has 0 atom stereocenters. The van der Waals surface area contributed by atoms with Crippen LogP contribution in [0.25, 0.3) is 0 Å². The molecule has 4 nitrogen and oxygen atoms in total. The molecule has 2 rings (SSSR count). The summed E-state index contributed by atoms with van der Waals surface area (Å²) < 4.78 is 0.753. The minimum atomic E-state index is 0.0819. The van der Waals surface area contributed by atoms with Crippen molar-refractivity contribution in [2.45, 2.75) is 19.9 Å². The van der Waals surface area contributed by atoms with Crippen molar-refractivity contribution in [3.05, 3.63) is 28.5 Å². The molecule has 0 bridgehead atoms. The molecule has 1 amide bonds. The molecule has 5 heteroatoms. The van der Waals surface area contributed by atoms with Crippen LogP contribution in [0.1, 0.15) is 24.2 Å². The second kappa shape index (κ2) is 5.80. The molecule has 0 aliphatic carbocycles. The third-order valence-corrected chi connectivity index (χ3v) is 3.78. The van der Waals surface area contributed by atoms with E-state index in [1.807, 2.05) is 11.0 Å². The minimum absolute atomic E-state index is 0.0819. The average molecular weight is 312 g/mol. The van der Waals surface area contributed by atoms with Gasteiger partial charge in [-0.1, -0.05) is 0 Å². The number of nitrogens with zero attached hydrogens (tertiary/aromatic N) is 3. The van der Waals surface area contributed by atoms with E-state index in [2.05, 4.69) is 39.7 Å². The maximum atomic E-state index is 12.2. The largest absolute Gasteiger partial charge is 0.336 e. The van der Waals surface area contributed by atoms with Crippen molar-refractivity contribution in [2.24, 2.45) is 0 Å². The molecule has 18 heavy (non-hydrogen) atoms. The SMILES string of the molecule is CC(C)N1CCN(C(=O)c2ccc(Br)nc2)CC1. The van der Waals surface area contributed by atoms with Crippen LogP contribution in [0.3, 0.4) is 0 Å². The van der Waals surface area contributed by atoms with Gasteiger partial charge in [0.1, 0.15) is 4.60 Å². The van der Waals surface area contributed by atoms with Crippen LogP contribution in [-0.2, 0) is 0 Å². The molecule has 0 aromatic carbocycles. The van der Waals surface area contributed by atoms with Gasteiger partial charge in [-0.05, 0) is 41.9 Å². The van der Waals surface area contributed by atoms with E-state index < -0.39 is 0 Å². The Balaban J connectivity index is 1.97. The first-order valence-electron chi connectivity index (χ1n) is 6.23. The number of rotatable bonds is 2. The summed E-state index contributed by atoms with van der Waals surface area (Å²) in [4.78, 5) is 20.6. The van der Waals surface area contributed by atoms with Crippen molar-refractivity contribution in [1.82, 2.24) is 14.8 Å². The summed E-state index contributed by atoms with van der Waals surface area (Å²) in [5, 5.41) is 0. The van der Waals surface area contributed by atoms with Gasteiger partial charge >= 0.3 is 0 Å². The average Bonchev–Trinajstić information content (AvgIpc) is 2.39. The van der Waals surface area contributed by atoms with Gasteiger partial charge in [-0.15, -0.1) is 0 Å². The maximum absolute atomic E-state index is 12.2. The second-order valence-corrected chi connectivity index (χ2v) is 5.60. The summed E-state index contributed by atoms with van der Waals surface area (Å²) in [6.07, 6.45) is 1.63. The number of piperazine rings is 1. The molecule has 1 saturated heterocycles.